The average Bonchev–Trinajstić information content (AvgIpc) is 2.92. The van der Waals surface area contributed by atoms with Crippen LogP contribution in [0.25, 0.3) is 10.9 Å². The second-order valence-corrected chi connectivity index (χ2v) is 4.84. The van der Waals surface area contributed by atoms with Crippen molar-refractivity contribution in [3.05, 3.63) is 52.9 Å². The number of hydrogen-bond acceptors (Lipinski definition) is 4. The summed E-state index contributed by atoms with van der Waals surface area (Å²) in [5.41, 5.74) is 2.33. The fourth-order valence-electron chi connectivity index (χ4n) is 1.81. The first kappa shape index (κ1) is 11.2. The molecule has 0 aliphatic carbocycles. The monoisotopic (exact) mass is 255 g/mol. The van der Waals surface area contributed by atoms with E-state index >= 15 is 0 Å². The number of anilines is 1. The molecule has 0 fully saturated rings. The molecule has 1 aromatic carbocycles. The van der Waals surface area contributed by atoms with Crippen molar-refractivity contribution < 1.29 is 0 Å². The van der Waals surface area contributed by atoms with E-state index in [0.717, 1.165) is 23.9 Å². The van der Waals surface area contributed by atoms with Crippen molar-refractivity contribution in [2.45, 2.75) is 6.42 Å². The first-order valence-corrected chi connectivity index (χ1v) is 6.83. The third kappa shape index (κ3) is 2.49. The van der Waals surface area contributed by atoms with Crippen LogP contribution in [0.5, 0.6) is 0 Å². The van der Waals surface area contributed by atoms with Crippen LogP contribution in [0.15, 0.2) is 47.3 Å². The number of nitrogens with zero attached hydrogens (tertiary/aromatic N) is 2. The standard InChI is InChI=1S/C14H13N3S/c1-2-4-13-12(3-1)9-16-14(17-13)15-7-5-11-6-8-18-10-11/h1-4,6,8-10H,5,7H2,(H,15,16,17). The molecule has 2 aromatic heterocycles. The maximum atomic E-state index is 4.47. The Morgan fingerprint density at radius 2 is 2.11 bits per heavy atom. The lowest BCUT2D eigenvalue weighted by atomic mass is 10.2. The van der Waals surface area contributed by atoms with Crippen LogP contribution in [0.2, 0.25) is 0 Å². The van der Waals surface area contributed by atoms with Crippen molar-refractivity contribution in [3.63, 3.8) is 0 Å². The first-order valence-electron chi connectivity index (χ1n) is 5.88. The van der Waals surface area contributed by atoms with Gasteiger partial charge in [0, 0.05) is 18.1 Å². The van der Waals surface area contributed by atoms with Gasteiger partial charge in [-0.15, -0.1) is 0 Å². The van der Waals surface area contributed by atoms with E-state index in [1.165, 1.54) is 5.56 Å². The van der Waals surface area contributed by atoms with Crippen LogP contribution in [0.4, 0.5) is 5.95 Å². The summed E-state index contributed by atoms with van der Waals surface area (Å²) in [6.45, 7) is 0.856. The summed E-state index contributed by atoms with van der Waals surface area (Å²) in [6.07, 6.45) is 2.86. The van der Waals surface area contributed by atoms with Gasteiger partial charge in [0.05, 0.1) is 5.52 Å². The number of benzene rings is 1. The van der Waals surface area contributed by atoms with E-state index in [4.69, 9.17) is 0 Å². The molecule has 18 heavy (non-hydrogen) atoms. The Morgan fingerprint density at radius 3 is 3.00 bits per heavy atom. The van der Waals surface area contributed by atoms with Crippen molar-refractivity contribution in [1.82, 2.24) is 9.97 Å². The van der Waals surface area contributed by atoms with E-state index in [9.17, 15) is 0 Å². The van der Waals surface area contributed by atoms with E-state index < -0.39 is 0 Å². The van der Waals surface area contributed by atoms with E-state index in [2.05, 4.69) is 32.1 Å². The maximum absolute atomic E-state index is 4.47. The van der Waals surface area contributed by atoms with Crippen molar-refractivity contribution >= 4 is 28.2 Å². The third-order valence-corrected chi connectivity index (χ3v) is 3.50. The van der Waals surface area contributed by atoms with Crippen molar-refractivity contribution in [2.24, 2.45) is 0 Å². The first-order chi connectivity index (χ1) is 8.92. The minimum absolute atomic E-state index is 0.698. The van der Waals surface area contributed by atoms with Crippen LogP contribution < -0.4 is 5.32 Å². The maximum Gasteiger partial charge on any atom is 0.223 e. The highest BCUT2D eigenvalue weighted by molar-refractivity contribution is 7.07. The molecular weight excluding hydrogens is 242 g/mol. The number of para-hydroxylation sites is 1. The molecule has 2 heterocycles. The highest BCUT2D eigenvalue weighted by Gasteiger charge is 1.99. The van der Waals surface area contributed by atoms with Crippen molar-refractivity contribution in [2.75, 3.05) is 11.9 Å². The van der Waals surface area contributed by atoms with E-state index in [-0.39, 0.29) is 0 Å². The largest absolute Gasteiger partial charge is 0.354 e. The lowest BCUT2D eigenvalue weighted by Gasteiger charge is -2.04. The van der Waals surface area contributed by atoms with Crippen LogP contribution >= 0.6 is 11.3 Å². The molecule has 1 N–H and O–H groups in total. The molecule has 3 nitrogen and oxygen atoms in total. The van der Waals surface area contributed by atoms with Gasteiger partial charge in [-0.3, -0.25) is 0 Å². The van der Waals surface area contributed by atoms with E-state index in [1.54, 1.807) is 11.3 Å². The highest BCUT2D eigenvalue weighted by atomic mass is 32.1. The predicted octanol–water partition coefficient (Wildman–Crippen LogP) is 3.35. The molecule has 0 unspecified atom stereocenters. The number of hydrogen-bond donors (Lipinski definition) is 1. The fourth-order valence-corrected chi connectivity index (χ4v) is 2.51. The SMILES string of the molecule is c1ccc2nc(NCCc3ccsc3)ncc2c1. The van der Waals surface area contributed by atoms with Crippen LogP contribution in [0, 0.1) is 0 Å². The van der Waals surface area contributed by atoms with Gasteiger partial charge in [0.1, 0.15) is 0 Å². The normalized spacial score (nSPS) is 10.7. The van der Waals surface area contributed by atoms with Gasteiger partial charge in [0.15, 0.2) is 0 Å². The van der Waals surface area contributed by atoms with Gasteiger partial charge < -0.3 is 5.32 Å². The fraction of sp³-hybridized carbons (Fsp3) is 0.143. The molecule has 3 aromatic rings. The summed E-state index contributed by atoms with van der Waals surface area (Å²) >= 11 is 1.73. The van der Waals surface area contributed by atoms with Gasteiger partial charge in [-0.1, -0.05) is 18.2 Å². The molecular formula is C14H13N3S. The van der Waals surface area contributed by atoms with Crippen LogP contribution in [-0.4, -0.2) is 16.5 Å². The molecule has 0 atom stereocenters. The molecule has 0 aliphatic rings. The smallest absolute Gasteiger partial charge is 0.223 e. The summed E-state index contributed by atoms with van der Waals surface area (Å²) in [7, 11) is 0. The lowest BCUT2D eigenvalue weighted by molar-refractivity contribution is 0.996. The lowest BCUT2D eigenvalue weighted by Crippen LogP contribution is -2.07. The zero-order valence-corrected chi connectivity index (χ0v) is 10.7. The third-order valence-electron chi connectivity index (χ3n) is 2.77. The summed E-state index contributed by atoms with van der Waals surface area (Å²) in [6, 6.07) is 10.2. The van der Waals surface area contributed by atoms with Crippen molar-refractivity contribution in [3.8, 4) is 0 Å². The van der Waals surface area contributed by atoms with Crippen LogP contribution in [-0.2, 0) is 6.42 Å². The molecule has 4 heteroatoms. The molecule has 0 radical (unpaired) electrons. The topological polar surface area (TPSA) is 37.8 Å². The Kier molecular flexibility index (Phi) is 3.19. The van der Waals surface area contributed by atoms with Gasteiger partial charge >= 0.3 is 0 Å². The van der Waals surface area contributed by atoms with Gasteiger partial charge in [-0.05, 0) is 34.9 Å². The Hall–Kier alpha value is -1.94. The Bertz CT molecular complexity index is 634. The number of thiophene rings is 1. The number of rotatable bonds is 4. The predicted molar refractivity (Wildman–Crippen MR) is 76.1 cm³/mol. The van der Waals surface area contributed by atoms with Gasteiger partial charge in [-0.2, -0.15) is 11.3 Å². The minimum atomic E-state index is 0.698. The molecule has 0 aliphatic heterocycles. The molecule has 0 amide bonds. The van der Waals surface area contributed by atoms with Crippen molar-refractivity contribution in [1.29, 1.82) is 0 Å². The summed E-state index contributed by atoms with van der Waals surface area (Å²) in [5.74, 6) is 0.698. The number of aromatic nitrogens is 2. The van der Waals surface area contributed by atoms with Gasteiger partial charge in [0.25, 0.3) is 0 Å². The quantitative estimate of drug-likeness (QED) is 0.777. The molecule has 90 valence electrons. The summed E-state index contributed by atoms with van der Waals surface area (Å²) < 4.78 is 0. The second kappa shape index (κ2) is 5.14. The van der Waals surface area contributed by atoms with Gasteiger partial charge in [0.2, 0.25) is 5.95 Å². The number of nitrogens with one attached hydrogen (secondary N) is 1. The van der Waals surface area contributed by atoms with Crippen LogP contribution in [0.1, 0.15) is 5.56 Å². The molecule has 0 spiro atoms. The number of fused-ring (bicyclic) bond motifs is 1. The summed E-state index contributed by atoms with van der Waals surface area (Å²) in [5, 5.41) is 8.60. The van der Waals surface area contributed by atoms with Crippen LogP contribution in [0.3, 0.4) is 0 Å². The molecule has 3 rings (SSSR count). The summed E-state index contributed by atoms with van der Waals surface area (Å²) in [4.78, 5) is 8.78. The Balaban J connectivity index is 1.67. The van der Waals surface area contributed by atoms with Gasteiger partial charge in [-0.25, -0.2) is 9.97 Å². The molecule has 0 bridgehead atoms. The minimum Gasteiger partial charge on any atom is -0.354 e. The molecule has 0 saturated carbocycles. The molecule has 0 saturated heterocycles. The zero-order valence-electron chi connectivity index (χ0n) is 9.84. The van der Waals surface area contributed by atoms with E-state index in [0.29, 0.717) is 5.95 Å². The Labute approximate surface area is 110 Å². The average molecular weight is 255 g/mol. The van der Waals surface area contributed by atoms with E-state index in [1.807, 2.05) is 30.5 Å². The Morgan fingerprint density at radius 1 is 1.17 bits per heavy atom. The zero-order chi connectivity index (χ0) is 12.2. The second-order valence-electron chi connectivity index (χ2n) is 4.06. The highest BCUT2D eigenvalue weighted by Crippen LogP contribution is 2.12.